The average molecular weight is 247 g/mol. The molecule has 0 spiro atoms. The van der Waals surface area contributed by atoms with E-state index in [2.05, 4.69) is 15.3 Å². The monoisotopic (exact) mass is 247 g/mol. The molecule has 0 fully saturated rings. The molecule has 1 aromatic carbocycles. The van der Waals surface area contributed by atoms with Crippen LogP contribution in [0.4, 0.5) is 4.39 Å². The number of carbonyl (C=O) groups excluding carboxylic acids is 1. The van der Waals surface area contributed by atoms with Gasteiger partial charge in [0.25, 0.3) is 0 Å². The molecule has 0 atom stereocenters. The summed E-state index contributed by atoms with van der Waals surface area (Å²) in [4.78, 5) is 18.4. The summed E-state index contributed by atoms with van der Waals surface area (Å²) in [5, 5.41) is 2.72. The maximum Gasteiger partial charge on any atom is 0.220 e. The van der Waals surface area contributed by atoms with Crippen molar-refractivity contribution in [2.24, 2.45) is 0 Å². The SMILES string of the molecule is O=C(CCc1ccccc1F)NCc1ncc[nH]1. The topological polar surface area (TPSA) is 57.8 Å². The van der Waals surface area contributed by atoms with Gasteiger partial charge in [-0.25, -0.2) is 9.37 Å². The first-order valence-electron chi connectivity index (χ1n) is 5.74. The number of H-pyrrole nitrogens is 1. The number of nitrogens with zero attached hydrogens (tertiary/aromatic N) is 1. The third-order valence-corrected chi connectivity index (χ3v) is 2.59. The predicted octanol–water partition coefficient (Wildman–Crippen LogP) is 1.80. The molecule has 5 heteroatoms. The Morgan fingerprint density at radius 2 is 2.22 bits per heavy atom. The minimum absolute atomic E-state index is 0.116. The van der Waals surface area contributed by atoms with Crippen LogP contribution in [0, 0.1) is 5.82 Å². The Bertz CT molecular complexity index is 511. The smallest absolute Gasteiger partial charge is 0.220 e. The third kappa shape index (κ3) is 3.41. The van der Waals surface area contributed by atoms with Gasteiger partial charge in [0.05, 0.1) is 6.54 Å². The number of aromatic amines is 1. The van der Waals surface area contributed by atoms with E-state index in [1.54, 1.807) is 30.6 Å². The number of halogens is 1. The van der Waals surface area contributed by atoms with E-state index in [0.717, 1.165) is 0 Å². The highest BCUT2D eigenvalue weighted by atomic mass is 19.1. The van der Waals surface area contributed by atoms with Crippen LogP contribution in [0.2, 0.25) is 0 Å². The van der Waals surface area contributed by atoms with Crippen LogP contribution >= 0.6 is 0 Å². The molecular weight excluding hydrogens is 233 g/mol. The van der Waals surface area contributed by atoms with Gasteiger partial charge >= 0.3 is 0 Å². The van der Waals surface area contributed by atoms with Crippen molar-refractivity contribution in [1.29, 1.82) is 0 Å². The lowest BCUT2D eigenvalue weighted by Gasteiger charge is -2.04. The van der Waals surface area contributed by atoms with Crippen molar-refractivity contribution in [3.05, 3.63) is 53.9 Å². The molecule has 2 N–H and O–H groups in total. The molecule has 18 heavy (non-hydrogen) atoms. The van der Waals surface area contributed by atoms with Gasteiger partial charge in [-0.05, 0) is 18.1 Å². The molecule has 0 unspecified atom stereocenters. The summed E-state index contributed by atoms with van der Waals surface area (Å²) in [6.07, 6.45) is 3.99. The number of carbonyl (C=O) groups is 1. The Labute approximate surface area is 104 Å². The standard InChI is InChI=1S/C13H14FN3O/c14-11-4-2-1-3-10(11)5-6-13(18)17-9-12-15-7-8-16-12/h1-4,7-8H,5-6,9H2,(H,15,16)(H,17,18). The van der Waals surface area contributed by atoms with Crippen LogP contribution < -0.4 is 5.32 Å². The summed E-state index contributed by atoms with van der Waals surface area (Å²) in [7, 11) is 0. The second-order valence-electron chi connectivity index (χ2n) is 3.90. The number of amides is 1. The van der Waals surface area contributed by atoms with E-state index in [1.807, 2.05) is 0 Å². The first-order valence-corrected chi connectivity index (χ1v) is 5.74. The third-order valence-electron chi connectivity index (χ3n) is 2.59. The fraction of sp³-hybridized carbons (Fsp3) is 0.231. The second-order valence-corrected chi connectivity index (χ2v) is 3.90. The summed E-state index contributed by atoms with van der Waals surface area (Å²) >= 11 is 0. The van der Waals surface area contributed by atoms with Crippen molar-refractivity contribution in [3.63, 3.8) is 0 Å². The number of imidazole rings is 1. The number of rotatable bonds is 5. The largest absolute Gasteiger partial charge is 0.349 e. The first-order chi connectivity index (χ1) is 8.75. The molecule has 4 nitrogen and oxygen atoms in total. The zero-order chi connectivity index (χ0) is 12.8. The maximum absolute atomic E-state index is 13.3. The Morgan fingerprint density at radius 3 is 2.94 bits per heavy atom. The fourth-order valence-corrected chi connectivity index (χ4v) is 1.61. The molecule has 1 aromatic heterocycles. The van der Waals surface area contributed by atoms with Gasteiger partial charge in [-0.3, -0.25) is 4.79 Å². The molecule has 1 heterocycles. The number of benzene rings is 1. The van der Waals surface area contributed by atoms with Crippen molar-refractivity contribution < 1.29 is 9.18 Å². The number of aryl methyl sites for hydroxylation is 1. The lowest BCUT2D eigenvalue weighted by atomic mass is 10.1. The Morgan fingerprint density at radius 1 is 1.39 bits per heavy atom. The average Bonchev–Trinajstić information content (AvgIpc) is 2.88. The van der Waals surface area contributed by atoms with E-state index < -0.39 is 0 Å². The lowest BCUT2D eigenvalue weighted by molar-refractivity contribution is -0.121. The van der Waals surface area contributed by atoms with Crippen molar-refractivity contribution in [2.45, 2.75) is 19.4 Å². The van der Waals surface area contributed by atoms with Crippen LogP contribution in [0.5, 0.6) is 0 Å². The van der Waals surface area contributed by atoms with Gasteiger partial charge in [-0.1, -0.05) is 18.2 Å². The van der Waals surface area contributed by atoms with Gasteiger partial charge in [0, 0.05) is 18.8 Å². The fourth-order valence-electron chi connectivity index (χ4n) is 1.61. The quantitative estimate of drug-likeness (QED) is 0.846. The van der Waals surface area contributed by atoms with Gasteiger partial charge in [0.15, 0.2) is 0 Å². The van der Waals surface area contributed by atoms with Crippen LogP contribution in [-0.2, 0) is 17.8 Å². The number of hydrogen-bond acceptors (Lipinski definition) is 2. The zero-order valence-electron chi connectivity index (χ0n) is 9.82. The van der Waals surface area contributed by atoms with Gasteiger partial charge in [-0.15, -0.1) is 0 Å². The highest BCUT2D eigenvalue weighted by molar-refractivity contribution is 5.76. The first kappa shape index (κ1) is 12.3. The van der Waals surface area contributed by atoms with Crippen molar-refractivity contribution in [3.8, 4) is 0 Å². The van der Waals surface area contributed by atoms with Crippen LogP contribution in [-0.4, -0.2) is 15.9 Å². The number of hydrogen-bond donors (Lipinski definition) is 2. The van der Waals surface area contributed by atoms with Gasteiger partial charge in [-0.2, -0.15) is 0 Å². The highest BCUT2D eigenvalue weighted by Crippen LogP contribution is 2.08. The molecule has 0 aliphatic carbocycles. The lowest BCUT2D eigenvalue weighted by Crippen LogP contribution is -2.23. The molecule has 0 saturated heterocycles. The van der Waals surface area contributed by atoms with E-state index in [1.165, 1.54) is 6.07 Å². The highest BCUT2D eigenvalue weighted by Gasteiger charge is 2.05. The van der Waals surface area contributed by atoms with Crippen molar-refractivity contribution in [2.75, 3.05) is 0 Å². The molecule has 0 saturated carbocycles. The maximum atomic E-state index is 13.3. The molecule has 0 aliphatic rings. The molecular formula is C13H14FN3O. The molecule has 0 bridgehead atoms. The summed E-state index contributed by atoms with van der Waals surface area (Å²) in [6.45, 7) is 0.364. The molecule has 0 radical (unpaired) electrons. The van der Waals surface area contributed by atoms with E-state index in [-0.39, 0.29) is 18.1 Å². The van der Waals surface area contributed by atoms with Crippen molar-refractivity contribution >= 4 is 5.91 Å². The van der Waals surface area contributed by atoms with Crippen LogP contribution in [0.3, 0.4) is 0 Å². The Balaban J connectivity index is 1.77. The molecule has 1 amide bonds. The van der Waals surface area contributed by atoms with Crippen LogP contribution in [0.25, 0.3) is 0 Å². The van der Waals surface area contributed by atoms with E-state index in [4.69, 9.17) is 0 Å². The van der Waals surface area contributed by atoms with E-state index in [9.17, 15) is 9.18 Å². The number of nitrogens with one attached hydrogen (secondary N) is 2. The van der Waals surface area contributed by atoms with Gasteiger partial charge < -0.3 is 10.3 Å². The Kier molecular flexibility index (Phi) is 4.06. The molecule has 2 aromatic rings. The summed E-state index contributed by atoms with van der Waals surface area (Å²) in [5.41, 5.74) is 0.561. The van der Waals surface area contributed by atoms with E-state index in [0.29, 0.717) is 24.4 Å². The molecule has 2 rings (SSSR count). The van der Waals surface area contributed by atoms with Gasteiger partial charge in [0.2, 0.25) is 5.91 Å². The van der Waals surface area contributed by atoms with Crippen molar-refractivity contribution in [1.82, 2.24) is 15.3 Å². The van der Waals surface area contributed by atoms with E-state index >= 15 is 0 Å². The molecule has 94 valence electrons. The molecule has 0 aliphatic heterocycles. The van der Waals surface area contributed by atoms with Crippen LogP contribution in [0.15, 0.2) is 36.7 Å². The summed E-state index contributed by atoms with van der Waals surface area (Å²) in [6, 6.07) is 6.49. The predicted molar refractivity (Wildman–Crippen MR) is 65.2 cm³/mol. The minimum atomic E-state index is -0.267. The zero-order valence-corrected chi connectivity index (χ0v) is 9.82. The summed E-state index contributed by atoms with van der Waals surface area (Å²) in [5.74, 6) is 0.320. The summed E-state index contributed by atoms with van der Waals surface area (Å²) < 4.78 is 13.3. The van der Waals surface area contributed by atoms with Crippen LogP contribution in [0.1, 0.15) is 17.8 Å². The minimum Gasteiger partial charge on any atom is -0.349 e. The Hall–Kier alpha value is -2.17. The van der Waals surface area contributed by atoms with Gasteiger partial charge in [0.1, 0.15) is 11.6 Å². The number of aromatic nitrogens is 2. The second kappa shape index (κ2) is 5.95. The normalized spacial score (nSPS) is 10.3.